The van der Waals surface area contributed by atoms with Crippen LogP contribution < -0.4 is 5.56 Å². The van der Waals surface area contributed by atoms with Crippen LogP contribution >= 0.6 is 34.8 Å². The molecule has 1 heterocycles. The molecule has 0 aromatic carbocycles. The molecule has 1 aromatic heterocycles. The molecule has 1 rings (SSSR count). The molecule has 0 aliphatic rings. The number of halogens is 3. The van der Waals surface area contributed by atoms with Crippen LogP contribution in [0.1, 0.15) is 26.7 Å². The van der Waals surface area contributed by atoms with E-state index in [4.69, 9.17) is 34.8 Å². The topological polar surface area (TPSA) is 34.9 Å². The first-order chi connectivity index (χ1) is 7.37. The van der Waals surface area contributed by atoms with Gasteiger partial charge in [0.2, 0.25) is 0 Å². The highest BCUT2D eigenvalue weighted by Gasteiger charge is 2.22. The maximum Gasteiger partial charge on any atom is 0.287 e. The fraction of sp³-hybridized carbons (Fsp3) is 0.600. The van der Waals surface area contributed by atoms with Gasteiger partial charge in [0, 0.05) is 0 Å². The molecule has 0 fully saturated rings. The van der Waals surface area contributed by atoms with Crippen LogP contribution in [0.4, 0.5) is 0 Å². The summed E-state index contributed by atoms with van der Waals surface area (Å²) in [7, 11) is 0. The third-order valence-electron chi connectivity index (χ3n) is 2.19. The lowest BCUT2D eigenvalue weighted by Gasteiger charge is -2.21. The van der Waals surface area contributed by atoms with Crippen molar-refractivity contribution in [3.63, 3.8) is 0 Å². The van der Waals surface area contributed by atoms with E-state index in [0.29, 0.717) is 6.54 Å². The minimum absolute atomic E-state index is 0.0133. The van der Waals surface area contributed by atoms with Crippen LogP contribution in [-0.2, 0) is 6.54 Å². The SMILES string of the molecule is CCCC(C)(Cl)Cn1ncc(Cl)c(Cl)c1=O. The van der Waals surface area contributed by atoms with Gasteiger partial charge in [0.15, 0.2) is 0 Å². The standard InChI is InChI=1S/C10H13Cl3N2O/c1-3-4-10(2,13)6-15-9(16)8(12)7(11)5-14-15/h5H,3-4,6H2,1-2H3. The molecule has 0 saturated carbocycles. The number of hydrogen-bond acceptors (Lipinski definition) is 2. The van der Waals surface area contributed by atoms with E-state index in [9.17, 15) is 4.79 Å². The van der Waals surface area contributed by atoms with Crippen LogP contribution in [-0.4, -0.2) is 14.7 Å². The summed E-state index contributed by atoms with van der Waals surface area (Å²) in [5.41, 5.74) is -0.405. The molecule has 0 spiro atoms. The lowest BCUT2D eigenvalue weighted by atomic mass is 10.1. The first-order valence-electron chi connectivity index (χ1n) is 4.97. The van der Waals surface area contributed by atoms with E-state index in [0.717, 1.165) is 12.8 Å². The minimum Gasteiger partial charge on any atom is -0.266 e. The van der Waals surface area contributed by atoms with Gasteiger partial charge in [-0.1, -0.05) is 36.5 Å². The molecular formula is C10H13Cl3N2O. The molecule has 0 aliphatic carbocycles. The molecule has 90 valence electrons. The van der Waals surface area contributed by atoms with Gasteiger partial charge in [-0.3, -0.25) is 4.79 Å². The summed E-state index contributed by atoms with van der Waals surface area (Å²) in [6.45, 7) is 4.22. The monoisotopic (exact) mass is 282 g/mol. The average molecular weight is 284 g/mol. The molecule has 0 amide bonds. The first-order valence-corrected chi connectivity index (χ1v) is 6.11. The highest BCUT2D eigenvalue weighted by Crippen LogP contribution is 2.23. The van der Waals surface area contributed by atoms with E-state index >= 15 is 0 Å². The Hall–Kier alpha value is -0.250. The van der Waals surface area contributed by atoms with Crippen molar-refractivity contribution in [2.75, 3.05) is 0 Å². The lowest BCUT2D eigenvalue weighted by molar-refractivity contribution is 0.437. The summed E-state index contributed by atoms with van der Waals surface area (Å²) in [5, 5.41) is 4.06. The summed E-state index contributed by atoms with van der Waals surface area (Å²) in [6.07, 6.45) is 3.09. The Kier molecular flexibility index (Phi) is 4.65. The molecule has 6 heteroatoms. The van der Waals surface area contributed by atoms with Crippen molar-refractivity contribution < 1.29 is 0 Å². The second kappa shape index (κ2) is 5.39. The van der Waals surface area contributed by atoms with E-state index in [1.165, 1.54) is 10.9 Å². The Morgan fingerprint density at radius 2 is 2.12 bits per heavy atom. The summed E-state index contributed by atoms with van der Waals surface area (Å²) in [4.78, 5) is 11.2. The third-order valence-corrected chi connectivity index (χ3v) is 3.25. The summed E-state index contributed by atoms with van der Waals surface area (Å²) >= 11 is 17.7. The maximum atomic E-state index is 11.7. The van der Waals surface area contributed by atoms with Crippen LogP contribution in [0, 0.1) is 0 Å². The van der Waals surface area contributed by atoms with E-state index in [1.807, 2.05) is 13.8 Å². The van der Waals surface area contributed by atoms with Crippen LogP contribution in [0.3, 0.4) is 0 Å². The molecule has 0 bridgehead atoms. The average Bonchev–Trinajstić information content (AvgIpc) is 2.19. The van der Waals surface area contributed by atoms with Gasteiger partial charge in [-0.25, -0.2) is 4.68 Å². The van der Waals surface area contributed by atoms with Crippen molar-refractivity contribution >= 4 is 34.8 Å². The van der Waals surface area contributed by atoms with E-state index in [-0.39, 0.29) is 10.0 Å². The Labute approximate surface area is 109 Å². The highest BCUT2D eigenvalue weighted by atomic mass is 35.5. The Morgan fingerprint density at radius 3 is 2.69 bits per heavy atom. The largest absolute Gasteiger partial charge is 0.287 e. The number of rotatable bonds is 4. The number of nitrogens with zero attached hydrogens (tertiary/aromatic N) is 2. The second-order valence-corrected chi connectivity index (χ2v) is 5.63. The fourth-order valence-corrected chi connectivity index (χ4v) is 2.04. The second-order valence-electron chi connectivity index (χ2n) is 3.93. The zero-order chi connectivity index (χ0) is 12.3. The van der Waals surface area contributed by atoms with Gasteiger partial charge < -0.3 is 0 Å². The molecule has 0 radical (unpaired) electrons. The summed E-state index contributed by atoms with van der Waals surface area (Å²) in [6, 6.07) is 0. The molecular weight excluding hydrogens is 270 g/mol. The zero-order valence-electron chi connectivity index (χ0n) is 9.14. The lowest BCUT2D eigenvalue weighted by Crippen LogP contribution is -2.33. The van der Waals surface area contributed by atoms with Gasteiger partial charge in [-0.2, -0.15) is 5.10 Å². The Balaban J connectivity index is 2.99. The van der Waals surface area contributed by atoms with Crippen LogP contribution in [0.2, 0.25) is 10.0 Å². The summed E-state index contributed by atoms with van der Waals surface area (Å²) < 4.78 is 1.25. The van der Waals surface area contributed by atoms with Crippen molar-refractivity contribution in [2.24, 2.45) is 0 Å². The van der Waals surface area contributed by atoms with Crippen molar-refractivity contribution in [1.82, 2.24) is 9.78 Å². The smallest absolute Gasteiger partial charge is 0.266 e. The Bertz CT molecular complexity index is 429. The minimum atomic E-state index is -0.497. The van der Waals surface area contributed by atoms with Crippen molar-refractivity contribution in [3.8, 4) is 0 Å². The van der Waals surface area contributed by atoms with Crippen LogP contribution in [0.5, 0.6) is 0 Å². The quantitative estimate of drug-likeness (QED) is 0.794. The molecule has 0 N–H and O–H groups in total. The van der Waals surface area contributed by atoms with E-state index < -0.39 is 10.4 Å². The predicted octanol–water partition coefficient (Wildman–Crippen LogP) is 3.35. The van der Waals surface area contributed by atoms with E-state index in [1.54, 1.807) is 0 Å². The van der Waals surface area contributed by atoms with Gasteiger partial charge in [0.1, 0.15) is 5.02 Å². The molecule has 0 saturated heterocycles. The van der Waals surface area contributed by atoms with Gasteiger partial charge in [0.25, 0.3) is 5.56 Å². The fourth-order valence-electron chi connectivity index (χ4n) is 1.47. The Morgan fingerprint density at radius 1 is 1.50 bits per heavy atom. The first kappa shape index (κ1) is 13.8. The zero-order valence-corrected chi connectivity index (χ0v) is 11.4. The third kappa shape index (κ3) is 3.37. The predicted molar refractivity (Wildman–Crippen MR) is 67.7 cm³/mol. The van der Waals surface area contributed by atoms with Gasteiger partial charge >= 0.3 is 0 Å². The van der Waals surface area contributed by atoms with Crippen molar-refractivity contribution in [2.45, 2.75) is 38.1 Å². The molecule has 1 aromatic rings. The number of alkyl halides is 1. The van der Waals surface area contributed by atoms with Crippen LogP contribution in [0.15, 0.2) is 11.0 Å². The van der Waals surface area contributed by atoms with Crippen molar-refractivity contribution in [1.29, 1.82) is 0 Å². The van der Waals surface area contributed by atoms with Crippen molar-refractivity contribution in [3.05, 3.63) is 26.6 Å². The van der Waals surface area contributed by atoms with Gasteiger partial charge in [-0.05, 0) is 13.3 Å². The normalized spacial score (nSPS) is 14.8. The summed E-state index contributed by atoms with van der Waals surface area (Å²) in [5.74, 6) is 0. The van der Waals surface area contributed by atoms with Gasteiger partial charge in [0.05, 0.1) is 22.6 Å². The molecule has 1 unspecified atom stereocenters. The van der Waals surface area contributed by atoms with Gasteiger partial charge in [-0.15, -0.1) is 11.6 Å². The number of hydrogen-bond donors (Lipinski definition) is 0. The molecule has 3 nitrogen and oxygen atoms in total. The maximum absolute atomic E-state index is 11.7. The van der Waals surface area contributed by atoms with Crippen LogP contribution in [0.25, 0.3) is 0 Å². The highest BCUT2D eigenvalue weighted by molar-refractivity contribution is 6.41. The molecule has 16 heavy (non-hydrogen) atoms. The molecule has 0 aliphatic heterocycles. The molecule has 1 atom stereocenters. The number of aromatic nitrogens is 2. The van der Waals surface area contributed by atoms with E-state index in [2.05, 4.69) is 5.10 Å².